The monoisotopic (exact) mass is 391 g/mol. The van der Waals surface area contributed by atoms with Gasteiger partial charge in [0.05, 0.1) is 11.8 Å². The molecule has 0 aliphatic heterocycles. The van der Waals surface area contributed by atoms with Crippen molar-refractivity contribution in [2.75, 3.05) is 0 Å². The van der Waals surface area contributed by atoms with Gasteiger partial charge in [-0.15, -0.1) is 0 Å². The van der Waals surface area contributed by atoms with Crippen LogP contribution >= 0.6 is 31.9 Å². The molecule has 0 aromatic carbocycles. The molecule has 0 aliphatic rings. The summed E-state index contributed by atoms with van der Waals surface area (Å²) in [5, 5.41) is 10.1. The van der Waals surface area contributed by atoms with Crippen molar-refractivity contribution >= 4 is 31.9 Å². The van der Waals surface area contributed by atoms with E-state index < -0.39 is 6.10 Å². The summed E-state index contributed by atoms with van der Waals surface area (Å²) in [4.78, 5) is 4.27. The molecule has 0 aliphatic carbocycles. The maximum atomic E-state index is 10.1. The summed E-state index contributed by atoms with van der Waals surface area (Å²) in [7, 11) is 0. The van der Waals surface area contributed by atoms with E-state index in [1.165, 1.54) is 38.5 Å². The number of unbranched alkanes of at least 4 members (excludes halogenated alkanes) is 6. The fourth-order valence-corrected chi connectivity index (χ4v) is 3.35. The van der Waals surface area contributed by atoms with Crippen LogP contribution in [0.15, 0.2) is 21.2 Å². The highest BCUT2D eigenvalue weighted by Crippen LogP contribution is 2.27. The highest BCUT2D eigenvalue weighted by atomic mass is 79.9. The highest BCUT2D eigenvalue weighted by Gasteiger charge is 2.12. The summed E-state index contributed by atoms with van der Waals surface area (Å²) in [6.45, 7) is 2.24. The molecule has 0 spiro atoms. The third-order valence-corrected chi connectivity index (χ3v) is 4.30. The largest absolute Gasteiger partial charge is 0.387 e. The Balaban J connectivity index is 2.22. The summed E-state index contributed by atoms with van der Waals surface area (Å²) in [6.07, 6.45) is 10.9. The van der Waals surface area contributed by atoms with Crippen LogP contribution < -0.4 is 0 Å². The van der Waals surface area contributed by atoms with Crippen molar-refractivity contribution in [1.82, 2.24) is 4.98 Å². The number of hydrogen-bond acceptors (Lipinski definition) is 2. The van der Waals surface area contributed by atoms with Gasteiger partial charge in [0, 0.05) is 15.1 Å². The van der Waals surface area contributed by atoms with Crippen LogP contribution in [0.4, 0.5) is 0 Å². The number of nitrogens with zero attached hydrogens (tertiary/aromatic N) is 1. The molecule has 1 aromatic heterocycles. The lowest BCUT2D eigenvalue weighted by Crippen LogP contribution is -2.01. The highest BCUT2D eigenvalue weighted by molar-refractivity contribution is 9.11. The normalized spacial score (nSPS) is 12.6. The molecule has 108 valence electrons. The Bertz CT molecular complexity index is 371. The van der Waals surface area contributed by atoms with Gasteiger partial charge < -0.3 is 5.11 Å². The molecule has 1 rings (SSSR count). The first kappa shape index (κ1) is 17.1. The Morgan fingerprint density at radius 2 is 1.74 bits per heavy atom. The Labute approximate surface area is 133 Å². The molecule has 1 heterocycles. The average Bonchev–Trinajstić information content (AvgIpc) is 2.37. The zero-order valence-corrected chi connectivity index (χ0v) is 14.7. The van der Waals surface area contributed by atoms with Crippen molar-refractivity contribution in [3.8, 4) is 0 Å². The number of hydrogen-bond donors (Lipinski definition) is 1. The maximum absolute atomic E-state index is 10.1. The summed E-state index contributed by atoms with van der Waals surface area (Å²) in [6, 6.07) is 1.93. The van der Waals surface area contributed by atoms with Crippen LogP contribution in [0.2, 0.25) is 0 Å². The fraction of sp³-hybridized carbons (Fsp3) is 0.667. The number of aliphatic hydroxyl groups excluding tert-OH is 1. The first-order chi connectivity index (χ1) is 9.15. The van der Waals surface area contributed by atoms with Crippen LogP contribution in [0.1, 0.15) is 70.1 Å². The van der Waals surface area contributed by atoms with Gasteiger partial charge in [0.25, 0.3) is 0 Å². The van der Waals surface area contributed by atoms with E-state index in [0.717, 1.165) is 27.5 Å². The number of aromatic nitrogens is 1. The molecule has 1 N–H and O–H groups in total. The average molecular weight is 393 g/mol. The van der Waals surface area contributed by atoms with Crippen molar-refractivity contribution in [3.63, 3.8) is 0 Å². The number of rotatable bonds is 9. The quantitative estimate of drug-likeness (QED) is 0.540. The third-order valence-electron chi connectivity index (χ3n) is 3.23. The minimum Gasteiger partial charge on any atom is -0.387 e. The summed E-state index contributed by atoms with van der Waals surface area (Å²) in [5.74, 6) is 0. The first-order valence-corrected chi connectivity index (χ1v) is 8.72. The van der Waals surface area contributed by atoms with E-state index in [1.54, 1.807) is 6.20 Å². The first-order valence-electron chi connectivity index (χ1n) is 7.14. The molecule has 0 fully saturated rings. The molecule has 0 radical (unpaired) electrons. The van der Waals surface area contributed by atoms with E-state index in [4.69, 9.17) is 0 Å². The number of aliphatic hydroxyl groups is 1. The molecule has 0 saturated heterocycles. The van der Waals surface area contributed by atoms with Crippen LogP contribution in [0.5, 0.6) is 0 Å². The van der Waals surface area contributed by atoms with Crippen LogP contribution in [-0.4, -0.2) is 10.1 Å². The predicted octanol–water partition coefficient (Wildman–Crippen LogP) is 5.78. The van der Waals surface area contributed by atoms with Crippen molar-refractivity contribution in [2.24, 2.45) is 0 Å². The minimum atomic E-state index is -0.460. The van der Waals surface area contributed by atoms with Gasteiger partial charge in [-0.2, -0.15) is 0 Å². The lowest BCUT2D eigenvalue weighted by atomic mass is 10.0. The Morgan fingerprint density at radius 1 is 1.11 bits per heavy atom. The zero-order chi connectivity index (χ0) is 14.1. The van der Waals surface area contributed by atoms with Crippen LogP contribution in [-0.2, 0) is 0 Å². The van der Waals surface area contributed by atoms with Crippen molar-refractivity contribution < 1.29 is 5.11 Å². The minimum absolute atomic E-state index is 0.460. The summed E-state index contributed by atoms with van der Waals surface area (Å²) < 4.78 is 1.79. The molecule has 1 atom stereocenters. The molecule has 2 nitrogen and oxygen atoms in total. The van der Waals surface area contributed by atoms with E-state index in [9.17, 15) is 5.11 Å². The molecule has 1 unspecified atom stereocenters. The second kappa shape index (κ2) is 9.89. The van der Waals surface area contributed by atoms with Crippen molar-refractivity contribution in [3.05, 3.63) is 26.9 Å². The molecule has 4 heteroatoms. The molecule has 0 bridgehead atoms. The second-order valence-corrected chi connectivity index (χ2v) is 6.72. The Morgan fingerprint density at radius 3 is 2.37 bits per heavy atom. The Hall–Kier alpha value is 0.0700. The smallest absolute Gasteiger partial charge is 0.0971 e. The number of halogens is 2. The van der Waals surface area contributed by atoms with Gasteiger partial charge in [-0.25, -0.2) is 0 Å². The van der Waals surface area contributed by atoms with Crippen molar-refractivity contribution in [2.45, 2.75) is 64.4 Å². The van der Waals surface area contributed by atoms with Gasteiger partial charge in [0.2, 0.25) is 0 Å². The molecule has 1 aromatic rings. The lowest BCUT2D eigenvalue weighted by molar-refractivity contribution is 0.158. The van der Waals surface area contributed by atoms with Gasteiger partial charge in [-0.1, -0.05) is 51.9 Å². The van der Waals surface area contributed by atoms with Gasteiger partial charge >= 0.3 is 0 Å². The van der Waals surface area contributed by atoms with Gasteiger partial charge in [0.1, 0.15) is 0 Å². The van der Waals surface area contributed by atoms with Gasteiger partial charge in [-0.05, 0) is 44.3 Å². The van der Waals surface area contributed by atoms with E-state index in [-0.39, 0.29) is 0 Å². The van der Waals surface area contributed by atoms with E-state index in [0.29, 0.717) is 0 Å². The van der Waals surface area contributed by atoms with Crippen LogP contribution in [0.25, 0.3) is 0 Å². The van der Waals surface area contributed by atoms with Crippen molar-refractivity contribution in [1.29, 1.82) is 0 Å². The van der Waals surface area contributed by atoms with Crippen LogP contribution in [0, 0.1) is 0 Å². The molecule has 0 saturated carbocycles. The fourth-order valence-electron chi connectivity index (χ4n) is 2.10. The Kier molecular flexibility index (Phi) is 8.92. The van der Waals surface area contributed by atoms with E-state index >= 15 is 0 Å². The summed E-state index contributed by atoms with van der Waals surface area (Å²) >= 11 is 6.81. The summed E-state index contributed by atoms with van der Waals surface area (Å²) in [5.41, 5.74) is 0.745. The molecule has 19 heavy (non-hydrogen) atoms. The number of pyridine rings is 1. The van der Waals surface area contributed by atoms with Gasteiger partial charge in [-0.3, -0.25) is 4.98 Å². The predicted molar refractivity (Wildman–Crippen MR) is 87.2 cm³/mol. The van der Waals surface area contributed by atoms with E-state index in [1.807, 2.05) is 6.07 Å². The molecular formula is C15H23Br2NO. The third kappa shape index (κ3) is 6.87. The van der Waals surface area contributed by atoms with Gasteiger partial charge in [0.15, 0.2) is 0 Å². The second-order valence-electron chi connectivity index (χ2n) is 4.95. The van der Waals surface area contributed by atoms with E-state index in [2.05, 4.69) is 43.8 Å². The maximum Gasteiger partial charge on any atom is 0.0971 e. The SMILES string of the molecule is CCCCCCCCCC(O)c1ncc(Br)cc1Br. The zero-order valence-electron chi connectivity index (χ0n) is 11.5. The lowest BCUT2D eigenvalue weighted by Gasteiger charge is -2.11. The molecular weight excluding hydrogens is 370 g/mol. The van der Waals surface area contributed by atoms with Crippen LogP contribution in [0.3, 0.4) is 0 Å². The topological polar surface area (TPSA) is 33.1 Å². The molecule has 0 amide bonds. The standard InChI is InChI=1S/C15H23Br2NO/c1-2-3-4-5-6-7-8-9-14(19)15-13(17)10-12(16)11-18-15/h10-11,14,19H,2-9H2,1H3.